The summed E-state index contributed by atoms with van der Waals surface area (Å²) in [7, 11) is 0. The third kappa shape index (κ3) is 2.82. The number of halogens is 1. The van der Waals surface area contributed by atoms with Crippen molar-refractivity contribution in [2.45, 2.75) is 52.0 Å². The van der Waals surface area contributed by atoms with E-state index in [0.717, 1.165) is 18.5 Å². The summed E-state index contributed by atoms with van der Waals surface area (Å²) >= 11 is 6.47. The van der Waals surface area contributed by atoms with Gasteiger partial charge < -0.3 is 4.57 Å². The highest BCUT2D eigenvalue weighted by molar-refractivity contribution is 6.30. The molecule has 1 fully saturated rings. The fraction of sp³-hybridized carbons (Fsp3) is 0.562. The van der Waals surface area contributed by atoms with Crippen LogP contribution in [0.1, 0.15) is 51.1 Å². The first kappa shape index (κ1) is 15.3. The SMILES string of the molecule is CC(C)Cn1c(C2CCCC2)c(Cl)nc(-n2cccn2)c1=O. The van der Waals surface area contributed by atoms with Crippen LogP contribution in [0.4, 0.5) is 0 Å². The standard InChI is InChI=1S/C16H21ClN4O/c1-11(2)10-20-13(12-6-3-4-7-12)14(17)19-15(16(20)22)21-9-5-8-18-21/h5,8-9,11-12H,3-4,6-7,10H2,1-2H3. The molecule has 0 aliphatic heterocycles. The van der Waals surface area contributed by atoms with Crippen LogP contribution >= 0.6 is 11.6 Å². The molecule has 0 unspecified atom stereocenters. The van der Waals surface area contributed by atoms with Crippen molar-refractivity contribution in [3.63, 3.8) is 0 Å². The molecule has 5 nitrogen and oxygen atoms in total. The smallest absolute Gasteiger partial charge is 0.296 e. The fourth-order valence-corrected chi connectivity index (χ4v) is 3.55. The topological polar surface area (TPSA) is 52.7 Å². The van der Waals surface area contributed by atoms with Crippen LogP contribution in [0.3, 0.4) is 0 Å². The molecule has 0 bridgehead atoms. The Morgan fingerprint density at radius 3 is 2.68 bits per heavy atom. The van der Waals surface area contributed by atoms with Crippen molar-refractivity contribution in [2.75, 3.05) is 0 Å². The summed E-state index contributed by atoms with van der Waals surface area (Å²) < 4.78 is 3.32. The average Bonchev–Trinajstić information content (AvgIpc) is 3.14. The van der Waals surface area contributed by atoms with Gasteiger partial charge in [0.25, 0.3) is 5.56 Å². The monoisotopic (exact) mass is 320 g/mol. The molecule has 22 heavy (non-hydrogen) atoms. The van der Waals surface area contributed by atoms with Crippen LogP contribution in [0, 0.1) is 5.92 Å². The quantitative estimate of drug-likeness (QED) is 0.867. The van der Waals surface area contributed by atoms with Gasteiger partial charge in [0.1, 0.15) is 0 Å². The molecule has 3 rings (SSSR count). The number of aromatic nitrogens is 4. The van der Waals surface area contributed by atoms with E-state index in [4.69, 9.17) is 11.6 Å². The van der Waals surface area contributed by atoms with E-state index in [0.29, 0.717) is 23.5 Å². The van der Waals surface area contributed by atoms with Gasteiger partial charge in [-0.15, -0.1) is 0 Å². The van der Waals surface area contributed by atoms with E-state index in [1.807, 2.05) is 4.57 Å². The predicted octanol–water partition coefficient (Wildman–Crippen LogP) is 3.40. The Morgan fingerprint density at radius 1 is 1.36 bits per heavy atom. The minimum atomic E-state index is -0.108. The Bertz CT molecular complexity index is 700. The van der Waals surface area contributed by atoms with E-state index < -0.39 is 0 Å². The van der Waals surface area contributed by atoms with E-state index in [-0.39, 0.29) is 11.4 Å². The molecular formula is C16H21ClN4O. The van der Waals surface area contributed by atoms with Crippen LogP contribution < -0.4 is 5.56 Å². The summed E-state index contributed by atoms with van der Waals surface area (Å²) in [5.41, 5.74) is 0.803. The summed E-state index contributed by atoms with van der Waals surface area (Å²) in [6, 6.07) is 1.77. The first-order chi connectivity index (χ1) is 10.6. The van der Waals surface area contributed by atoms with Crippen LogP contribution in [0.5, 0.6) is 0 Å². The van der Waals surface area contributed by atoms with Crippen LogP contribution in [0.15, 0.2) is 23.3 Å². The lowest BCUT2D eigenvalue weighted by Gasteiger charge is -2.21. The second kappa shape index (κ2) is 6.24. The number of hydrogen-bond acceptors (Lipinski definition) is 3. The highest BCUT2D eigenvalue weighted by Gasteiger charge is 2.26. The van der Waals surface area contributed by atoms with Gasteiger partial charge in [-0.1, -0.05) is 38.3 Å². The first-order valence-electron chi connectivity index (χ1n) is 7.88. The third-order valence-corrected chi connectivity index (χ3v) is 4.43. The number of hydrogen-bond donors (Lipinski definition) is 0. The molecule has 1 aliphatic rings. The van der Waals surface area contributed by atoms with Crippen LogP contribution in [-0.2, 0) is 6.54 Å². The van der Waals surface area contributed by atoms with E-state index >= 15 is 0 Å². The van der Waals surface area contributed by atoms with E-state index in [1.165, 1.54) is 17.5 Å². The summed E-state index contributed by atoms with van der Waals surface area (Å²) in [5.74, 6) is 0.984. The van der Waals surface area contributed by atoms with Crippen molar-refractivity contribution in [3.05, 3.63) is 39.7 Å². The largest absolute Gasteiger partial charge is 0.306 e. The Morgan fingerprint density at radius 2 is 2.09 bits per heavy atom. The molecule has 0 atom stereocenters. The van der Waals surface area contributed by atoms with Gasteiger partial charge in [0.05, 0.1) is 5.69 Å². The van der Waals surface area contributed by atoms with Gasteiger partial charge in [-0.25, -0.2) is 9.67 Å². The Hall–Kier alpha value is -1.62. The fourth-order valence-electron chi connectivity index (χ4n) is 3.22. The van der Waals surface area contributed by atoms with Crippen LogP contribution in [0.25, 0.3) is 5.82 Å². The predicted molar refractivity (Wildman–Crippen MR) is 86.7 cm³/mol. The lowest BCUT2D eigenvalue weighted by molar-refractivity contribution is 0.473. The molecule has 1 aliphatic carbocycles. The second-order valence-electron chi connectivity index (χ2n) is 6.35. The number of nitrogens with zero attached hydrogens (tertiary/aromatic N) is 4. The molecule has 2 aromatic heterocycles. The zero-order valence-electron chi connectivity index (χ0n) is 13.0. The van der Waals surface area contributed by atoms with Gasteiger partial charge in [0.2, 0.25) is 5.82 Å². The highest BCUT2D eigenvalue weighted by atomic mass is 35.5. The summed E-state index contributed by atoms with van der Waals surface area (Å²) in [6.45, 7) is 4.86. The molecule has 0 aromatic carbocycles. The molecule has 0 saturated heterocycles. The summed E-state index contributed by atoms with van der Waals surface area (Å²) in [6.07, 6.45) is 7.90. The van der Waals surface area contributed by atoms with Crippen molar-refractivity contribution in [1.29, 1.82) is 0 Å². The summed E-state index contributed by atoms with van der Waals surface area (Å²) in [4.78, 5) is 17.3. The molecule has 0 radical (unpaired) electrons. The Labute approximate surface area is 134 Å². The van der Waals surface area contributed by atoms with Gasteiger partial charge in [-0.2, -0.15) is 5.10 Å². The van der Waals surface area contributed by atoms with Gasteiger partial charge in [0, 0.05) is 24.9 Å². The highest BCUT2D eigenvalue weighted by Crippen LogP contribution is 2.36. The van der Waals surface area contributed by atoms with E-state index in [2.05, 4.69) is 23.9 Å². The van der Waals surface area contributed by atoms with E-state index in [1.54, 1.807) is 18.5 Å². The van der Waals surface area contributed by atoms with Crippen molar-refractivity contribution in [1.82, 2.24) is 19.3 Å². The van der Waals surface area contributed by atoms with Crippen molar-refractivity contribution in [3.8, 4) is 5.82 Å². The maximum atomic E-state index is 12.9. The third-order valence-electron chi connectivity index (χ3n) is 4.15. The summed E-state index contributed by atoms with van der Waals surface area (Å²) in [5, 5.41) is 4.56. The Balaban J connectivity index is 2.17. The van der Waals surface area contributed by atoms with Crippen LogP contribution in [-0.4, -0.2) is 19.3 Å². The van der Waals surface area contributed by atoms with Crippen molar-refractivity contribution < 1.29 is 0 Å². The molecule has 0 amide bonds. The Kier molecular flexibility index (Phi) is 4.34. The minimum absolute atomic E-state index is 0.108. The van der Waals surface area contributed by atoms with E-state index in [9.17, 15) is 4.79 Å². The van der Waals surface area contributed by atoms with Gasteiger partial charge in [0.15, 0.2) is 5.15 Å². The normalized spacial score (nSPS) is 15.8. The maximum absolute atomic E-state index is 12.9. The number of rotatable bonds is 4. The lowest BCUT2D eigenvalue weighted by atomic mass is 10.0. The van der Waals surface area contributed by atoms with Crippen molar-refractivity contribution >= 4 is 11.6 Å². The van der Waals surface area contributed by atoms with Crippen LogP contribution in [0.2, 0.25) is 5.15 Å². The zero-order valence-corrected chi connectivity index (χ0v) is 13.8. The molecule has 118 valence electrons. The molecule has 2 aromatic rings. The molecule has 2 heterocycles. The lowest BCUT2D eigenvalue weighted by Crippen LogP contribution is -2.31. The molecule has 1 saturated carbocycles. The average molecular weight is 321 g/mol. The van der Waals surface area contributed by atoms with Gasteiger partial charge >= 0.3 is 0 Å². The second-order valence-corrected chi connectivity index (χ2v) is 6.71. The van der Waals surface area contributed by atoms with Gasteiger partial charge in [-0.05, 0) is 24.8 Å². The zero-order chi connectivity index (χ0) is 15.7. The molecule has 0 N–H and O–H groups in total. The first-order valence-corrected chi connectivity index (χ1v) is 8.26. The molecular weight excluding hydrogens is 300 g/mol. The van der Waals surface area contributed by atoms with Gasteiger partial charge in [-0.3, -0.25) is 4.79 Å². The molecule has 0 spiro atoms. The molecule has 6 heteroatoms. The maximum Gasteiger partial charge on any atom is 0.296 e. The van der Waals surface area contributed by atoms with Crippen molar-refractivity contribution in [2.24, 2.45) is 5.92 Å². The minimum Gasteiger partial charge on any atom is -0.306 e.